The van der Waals surface area contributed by atoms with Gasteiger partial charge in [-0.05, 0) is 18.2 Å². The number of anilines is 1. The summed E-state index contributed by atoms with van der Waals surface area (Å²) in [6.07, 6.45) is 1.55. The molecule has 0 fully saturated rings. The van der Waals surface area contributed by atoms with Crippen LogP contribution in [-0.4, -0.2) is 44.7 Å². The predicted octanol–water partition coefficient (Wildman–Crippen LogP) is 3.30. The van der Waals surface area contributed by atoms with E-state index in [4.69, 9.17) is 25.8 Å². The van der Waals surface area contributed by atoms with Gasteiger partial charge in [0.25, 0.3) is 0 Å². The van der Waals surface area contributed by atoms with Gasteiger partial charge in [0.05, 0.1) is 36.4 Å². The summed E-state index contributed by atoms with van der Waals surface area (Å²) < 4.78 is 29.9. The fourth-order valence-corrected chi connectivity index (χ4v) is 3.11. The van der Waals surface area contributed by atoms with Crippen molar-refractivity contribution in [2.24, 2.45) is 0 Å². The number of hydrogen-bond donors (Lipinski definition) is 1. The highest BCUT2D eigenvalue weighted by Gasteiger charge is 2.34. The van der Waals surface area contributed by atoms with E-state index in [1.54, 1.807) is 12.3 Å². The third-order valence-corrected chi connectivity index (χ3v) is 4.52. The number of pyridine rings is 1. The normalized spacial score (nSPS) is 15.3. The molecule has 0 bridgehead atoms. The molecule has 138 valence electrons. The summed E-state index contributed by atoms with van der Waals surface area (Å²) in [5.74, 6) is -0.409. The van der Waals surface area contributed by atoms with E-state index < -0.39 is 17.5 Å². The first-order valence-corrected chi connectivity index (χ1v) is 8.36. The van der Waals surface area contributed by atoms with Gasteiger partial charge in [0.15, 0.2) is 5.78 Å². The van der Waals surface area contributed by atoms with Crippen molar-refractivity contribution in [2.75, 3.05) is 39.3 Å². The molecule has 0 spiro atoms. The number of carbonyl (C=O) groups excluding carboxylic acids is 1. The Morgan fingerprint density at radius 1 is 1.38 bits per heavy atom. The highest BCUT2D eigenvalue weighted by molar-refractivity contribution is 6.35. The smallest absolute Gasteiger partial charge is 0.176 e. The van der Waals surface area contributed by atoms with Crippen LogP contribution in [0.25, 0.3) is 0 Å². The van der Waals surface area contributed by atoms with Gasteiger partial charge in [0.1, 0.15) is 29.7 Å². The maximum atomic E-state index is 14.4. The molecule has 2 aromatic rings. The molecule has 0 saturated heterocycles. The summed E-state index contributed by atoms with van der Waals surface area (Å²) in [6.45, 7) is 0.894. The average molecular weight is 381 g/mol. The molecule has 0 saturated carbocycles. The molecular weight excluding hydrogens is 363 g/mol. The van der Waals surface area contributed by atoms with Crippen molar-refractivity contribution in [3.8, 4) is 11.5 Å². The van der Waals surface area contributed by atoms with Gasteiger partial charge in [-0.2, -0.15) is 0 Å². The van der Waals surface area contributed by atoms with Crippen molar-refractivity contribution in [1.29, 1.82) is 0 Å². The number of rotatable bonds is 7. The molecule has 1 atom stereocenters. The van der Waals surface area contributed by atoms with E-state index in [-0.39, 0.29) is 22.9 Å². The minimum absolute atomic E-state index is 0.0459. The van der Waals surface area contributed by atoms with Gasteiger partial charge in [-0.25, -0.2) is 9.37 Å². The quantitative estimate of drug-likeness (QED) is 0.587. The molecule has 1 aromatic carbocycles. The highest BCUT2D eigenvalue weighted by atomic mass is 35.5. The first kappa shape index (κ1) is 18.4. The number of fused-ring (bicyclic) bond motifs is 1. The Hall–Kier alpha value is -2.38. The fraction of sp³-hybridized carbons (Fsp3) is 0.333. The number of aromatic nitrogens is 1. The van der Waals surface area contributed by atoms with Gasteiger partial charge >= 0.3 is 0 Å². The maximum Gasteiger partial charge on any atom is 0.176 e. The molecule has 1 aliphatic heterocycles. The van der Waals surface area contributed by atoms with Crippen LogP contribution in [0.2, 0.25) is 5.02 Å². The van der Waals surface area contributed by atoms with E-state index in [2.05, 4.69) is 10.3 Å². The number of halogens is 2. The van der Waals surface area contributed by atoms with Crippen molar-refractivity contribution in [1.82, 2.24) is 4.98 Å². The van der Waals surface area contributed by atoms with Crippen molar-refractivity contribution in [3.63, 3.8) is 0 Å². The number of ether oxygens (including phenoxy) is 3. The molecule has 1 aliphatic rings. The SMILES string of the molecule is COCCOc1ccc(F)c(C(=O)C2CNc3ncc(OC)cc32)c1Cl. The average Bonchev–Trinajstić information content (AvgIpc) is 3.06. The standard InChI is InChI=1S/C18H18ClFN2O4/c1-24-5-6-26-14-4-3-13(20)15(16(14)19)17(23)12-9-22-18-11(12)7-10(25-2)8-21-18/h3-4,7-8,12H,5-6,9H2,1-2H3,(H,21,22). The zero-order valence-electron chi connectivity index (χ0n) is 14.3. The number of Topliss-reactive ketones (excluding diaryl/α,β-unsaturated/α-hetero) is 1. The monoisotopic (exact) mass is 380 g/mol. The summed E-state index contributed by atoms with van der Waals surface area (Å²) >= 11 is 6.26. The number of hydrogen-bond acceptors (Lipinski definition) is 6. The lowest BCUT2D eigenvalue weighted by atomic mass is 9.92. The fourth-order valence-electron chi connectivity index (χ4n) is 2.81. The summed E-state index contributed by atoms with van der Waals surface area (Å²) in [7, 11) is 3.05. The Bertz CT molecular complexity index is 831. The number of ketones is 1. The predicted molar refractivity (Wildman–Crippen MR) is 95.1 cm³/mol. The van der Waals surface area contributed by atoms with Crippen LogP contribution < -0.4 is 14.8 Å². The molecule has 0 radical (unpaired) electrons. The second-order valence-corrected chi connectivity index (χ2v) is 6.06. The molecule has 1 N–H and O–H groups in total. The van der Waals surface area contributed by atoms with Crippen LogP contribution in [0.1, 0.15) is 21.8 Å². The maximum absolute atomic E-state index is 14.4. The largest absolute Gasteiger partial charge is 0.495 e. The van der Waals surface area contributed by atoms with Crippen LogP contribution >= 0.6 is 11.6 Å². The van der Waals surface area contributed by atoms with Crippen LogP contribution in [0, 0.1) is 5.82 Å². The van der Waals surface area contributed by atoms with Gasteiger partial charge in [-0.1, -0.05) is 11.6 Å². The first-order valence-electron chi connectivity index (χ1n) is 7.98. The topological polar surface area (TPSA) is 69.7 Å². The van der Waals surface area contributed by atoms with Crippen LogP contribution in [-0.2, 0) is 4.74 Å². The molecule has 8 heteroatoms. The number of benzene rings is 1. The van der Waals surface area contributed by atoms with E-state index in [0.717, 1.165) is 0 Å². The lowest BCUT2D eigenvalue weighted by molar-refractivity contribution is 0.0962. The second kappa shape index (κ2) is 7.88. The third kappa shape index (κ3) is 3.45. The highest BCUT2D eigenvalue weighted by Crippen LogP contribution is 2.38. The number of nitrogens with one attached hydrogen (secondary N) is 1. The van der Waals surface area contributed by atoms with E-state index in [1.165, 1.54) is 26.4 Å². The summed E-state index contributed by atoms with van der Waals surface area (Å²) in [6, 6.07) is 4.29. The second-order valence-electron chi connectivity index (χ2n) is 5.69. The molecule has 6 nitrogen and oxygen atoms in total. The van der Waals surface area contributed by atoms with Crippen LogP contribution in [0.4, 0.5) is 10.2 Å². The van der Waals surface area contributed by atoms with E-state index in [9.17, 15) is 9.18 Å². The van der Waals surface area contributed by atoms with Crippen molar-refractivity contribution >= 4 is 23.2 Å². The Balaban J connectivity index is 1.93. The zero-order valence-corrected chi connectivity index (χ0v) is 15.1. The third-order valence-electron chi connectivity index (χ3n) is 4.14. The van der Waals surface area contributed by atoms with Gasteiger partial charge < -0.3 is 19.5 Å². The molecule has 0 amide bonds. The van der Waals surface area contributed by atoms with E-state index in [1.807, 2.05) is 0 Å². The first-order chi connectivity index (χ1) is 12.6. The molecule has 1 unspecified atom stereocenters. The van der Waals surface area contributed by atoms with Crippen molar-refractivity contribution in [2.45, 2.75) is 5.92 Å². The molecule has 3 rings (SSSR count). The molecule has 0 aliphatic carbocycles. The minimum atomic E-state index is -0.691. The summed E-state index contributed by atoms with van der Waals surface area (Å²) in [5, 5.41) is 3.00. The van der Waals surface area contributed by atoms with Gasteiger partial charge in [-0.3, -0.25) is 4.79 Å². The number of carbonyl (C=O) groups is 1. The Labute approximate surface area is 155 Å². The Morgan fingerprint density at radius 2 is 2.19 bits per heavy atom. The minimum Gasteiger partial charge on any atom is -0.495 e. The lowest BCUT2D eigenvalue weighted by Crippen LogP contribution is -2.17. The Kier molecular flexibility index (Phi) is 5.58. The molecule has 1 aromatic heterocycles. The summed E-state index contributed by atoms with van der Waals surface area (Å²) in [5.41, 5.74) is 0.458. The number of methoxy groups -OCH3 is 2. The van der Waals surface area contributed by atoms with Crippen LogP contribution in [0.5, 0.6) is 11.5 Å². The molecular formula is C18H18ClFN2O4. The Morgan fingerprint density at radius 3 is 2.92 bits per heavy atom. The van der Waals surface area contributed by atoms with Gasteiger partial charge in [0.2, 0.25) is 0 Å². The summed E-state index contributed by atoms with van der Waals surface area (Å²) in [4.78, 5) is 17.2. The zero-order chi connectivity index (χ0) is 18.7. The van der Waals surface area contributed by atoms with Crippen molar-refractivity contribution < 1.29 is 23.4 Å². The number of nitrogens with zero attached hydrogens (tertiary/aromatic N) is 1. The van der Waals surface area contributed by atoms with E-state index >= 15 is 0 Å². The van der Waals surface area contributed by atoms with Gasteiger partial charge in [0, 0.05) is 19.2 Å². The molecule has 2 heterocycles. The van der Waals surface area contributed by atoms with Gasteiger partial charge in [-0.15, -0.1) is 0 Å². The molecule has 26 heavy (non-hydrogen) atoms. The van der Waals surface area contributed by atoms with Crippen LogP contribution in [0.15, 0.2) is 24.4 Å². The van der Waals surface area contributed by atoms with Crippen molar-refractivity contribution in [3.05, 3.63) is 46.4 Å². The van der Waals surface area contributed by atoms with Crippen LogP contribution in [0.3, 0.4) is 0 Å². The van der Waals surface area contributed by atoms with E-state index in [0.29, 0.717) is 30.3 Å². The lowest BCUT2D eigenvalue weighted by Gasteiger charge is -2.14.